The van der Waals surface area contributed by atoms with Gasteiger partial charge < -0.3 is 14.6 Å². The van der Waals surface area contributed by atoms with Crippen LogP contribution >= 0.6 is 23.4 Å². The van der Waals surface area contributed by atoms with Gasteiger partial charge in [0.2, 0.25) is 0 Å². The first-order valence-electron chi connectivity index (χ1n) is 8.82. The number of halogens is 1. The van der Waals surface area contributed by atoms with Crippen molar-refractivity contribution in [2.24, 2.45) is 7.05 Å². The lowest BCUT2D eigenvalue weighted by atomic mass is 10.1. The molecule has 2 heterocycles. The minimum absolute atomic E-state index is 0.194. The van der Waals surface area contributed by atoms with E-state index in [1.54, 1.807) is 26.0 Å². The van der Waals surface area contributed by atoms with Gasteiger partial charge in [-0.2, -0.15) is 0 Å². The largest absolute Gasteiger partial charge is 0.484 e. The predicted molar refractivity (Wildman–Crippen MR) is 106 cm³/mol. The highest BCUT2D eigenvalue weighted by atomic mass is 35.5. The van der Waals surface area contributed by atoms with Crippen molar-refractivity contribution in [3.63, 3.8) is 0 Å². The molecule has 1 aromatic carbocycles. The Kier molecular flexibility index (Phi) is 6.14. The number of rotatable bonds is 8. The van der Waals surface area contributed by atoms with Crippen LogP contribution < -0.4 is 10.1 Å². The van der Waals surface area contributed by atoms with Crippen molar-refractivity contribution < 1.29 is 14.3 Å². The molecular weight excluding hydrogens is 402 g/mol. The third-order valence-corrected chi connectivity index (χ3v) is 5.74. The normalized spacial score (nSPS) is 15.8. The molecular formula is C18H22ClN5O3S. The Morgan fingerprint density at radius 2 is 2.00 bits per heavy atom. The number of ether oxygens (including phenoxy) is 1. The number of carbonyl (C=O) groups is 2. The van der Waals surface area contributed by atoms with E-state index in [4.69, 9.17) is 16.3 Å². The fraction of sp³-hybridized carbons (Fsp3) is 0.444. The van der Waals surface area contributed by atoms with Gasteiger partial charge in [0.1, 0.15) is 17.9 Å². The quantitative estimate of drug-likeness (QED) is 0.399. The lowest BCUT2D eigenvalue weighted by molar-refractivity contribution is -0.130. The van der Waals surface area contributed by atoms with Gasteiger partial charge in [0, 0.05) is 19.3 Å². The van der Waals surface area contributed by atoms with Gasteiger partial charge in [-0.05, 0) is 32.4 Å². The Balaban J connectivity index is 1.48. The van der Waals surface area contributed by atoms with E-state index in [0.29, 0.717) is 35.3 Å². The molecule has 0 aliphatic carbocycles. The maximum absolute atomic E-state index is 12.2. The van der Waals surface area contributed by atoms with E-state index in [2.05, 4.69) is 15.5 Å². The van der Waals surface area contributed by atoms with E-state index in [0.717, 1.165) is 5.16 Å². The zero-order valence-electron chi connectivity index (χ0n) is 15.9. The van der Waals surface area contributed by atoms with Crippen LogP contribution in [0.25, 0.3) is 0 Å². The van der Waals surface area contributed by atoms with Crippen LogP contribution in [0.3, 0.4) is 0 Å². The smallest absolute Gasteiger partial charge is 0.325 e. The zero-order chi connectivity index (χ0) is 20.3. The Morgan fingerprint density at radius 3 is 2.68 bits per heavy atom. The number of benzene rings is 1. The second-order valence-corrected chi connectivity index (χ2v) is 8.36. The molecule has 1 aromatic heterocycles. The van der Waals surface area contributed by atoms with Crippen LogP contribution in [0.1, 0.15) is 26.1 Å². The van der Waals surface area contributed by atoms with E-state index in [9.17, 15) is 9.59 Å². The second kappa shape index (κ2) is 8.40. The van der Waals surface area contributed by atoms with Gasteiger partial charge in [-0.3, -0.25) is 9.69 Å². The van der Waals surface area contributed by atoms with Crippen molar-refractivity contribution in [2.75, 3.05) is 12.3 Å². The molecule has 1 fully saturated rings. The number of aromatic nitrogens is 3. The van der Waals surface area contributed by atoms with Gasteiger partial charge in [-0.25, -0.2) is 4.79 Å². The summed E-state index contributed by atoms with van der Waals surface area (Å²) < 4.78 is 7.56. The highest BCUT2D eigenvalue weighted by molar-refractivity contribution is 7.99. The molecule has 2 aromatic rings. The molecule has 1 N–H and O–H groups in total. The summed E-state index contributed by atoms with van der Waals surface area (Å²) in [5.41, 5.74) is -0.829. The summed E-state index contributed by atoms with van der Waals surface area (Å²) >= 11 is 7.60. The molecule has 0 radical (unpaired) electrons. The fourth-order valence-corrected chi connectivity index (χ4v) is 3.75. The highest BCUT2D eigenvalue weighted by Crippen LogP contribution is 2.24. The Bertz CT molecular complexity index is 886. The minimum atomic E-state index is -0.829. The van der Waals surface area contributed by atoms with Gasteiger partial charge in [-0.1, -0.05) is 35.5 Å². The topological polar surface area (TPSA) is 89.3 Å². The first-order chi connectivity index (χ1) is 13.3. The summed E-state index contributed by atoms with van der Waals surface area (Å²) in [7, 11) is 1.87. The van der Waals surface area contributed by atoms with Gasteiger partial charge >= 0.3 is 6.03 Å². The number of thioether (sulfide) groups is 1. The maximum atomic E-state index is 12.2. The van der Waals surface area contributed by atoms with E-state index in [1.807, 2.05) is 23.7 Å². The number of nitrogens with zero attached hydrogens (tertiary/aromatic N) is 4. The molecule has 3 amide bonds. The SMILES string of the molecule is Cn1c(COc2ccccc2Cl)nnc1SCCCN1C(=O)NC(C)(C)C1=O. The lowest BCUT2D eigenvalue weighted by Gasteiger charge is -2.15. The zero-order valence-corrected chi connectivity index (χ0v) is 17.5. The number of carbonyl (C=O) groups excluding carboxylic acids is 2. The maximum Gasteiger partial charge on any atom is 0.325 e. The Labute approximate surface area is 172 Å². The number of hydrogen-bond donors (Lipinski definition) is 1. The van der Waals surface area contributed by atoms with Crippen molar-refractivity contribution in [1.82, 2.24) is 25.0 Å². The molecule has 0 spiro atoms. The molecule has 28 heavy (non-hydrogen) atoms. The number of hydrogen-bond acceptors (Lipinski definition) is 6. The molecule has 1 saturated heterocycles. The predicted octanol–water partition coefficient (Wildman–Crippen LogP) is 2.86. The number of imide groups is 1. The van der Waals surface area contributed by atoms with Crippen LogP contribution in [0, 0.1) is 0 Å². The summed E-state index contributed by atoms with van der Waals surface area (Å²) in [4.78, 5) is 25.3. The number of urea groups is 1. The van der Waals surface area contributed by atoms with Gasteiger partial charge in [-0.15, -0.1) is 10.2 Å². The van der Waals surface area contributed by atoms with Gasteiger partial charge in [0.25, 0.3) is 5.91 Å². The molecule has 8 nitrogen and oxygen atoms in total. The fourth-order valence-electron chi connectivity index (χ4n) is 2.71. The minimum Gasteiger partial charge on any atom is -0.484 e. The molecule has 0 atom stereocenters. The summed E-state index contributed by atoms with van der Waals surface area (Å²) in [6.07, 6.45) is 0.665. The summed E-state index contributed by atoms with van der Waals surface area (Å²) in [5, 5.41) is 12.3. The Hall–Kier alpha value is -2.26. The molecule has 0 bridgehead atoms. The first kappa shape index (κ1) is 20.5. The standard InChI is InChI=1S/C18H22ClN5O3S/c1-18(2)15(25)24(16(26)20-18)9-6-10-28-17-22-21-14(23(17)3)11-27-13-8-5-4-7-12(13)19/h4-5,7-8H,6,9-11H2,1-3H3,(H,20,26). The molecule has 10 heteroatoms. The lowest BCUT2D eigenvalue weighted by Crippen LogP contribution is -2.40. The molecule has 150 valence electrons. The molecule has 0 saturated carbocycles. The summed E-state index contributed by atoms with van der Waals surface area (Å²) in [6.45, 7) is 4.04. The summed E-state index contributed by atoms with van der Waals surface area (Å²) in [5.74, 6) is 1.78. The van der Waals surface area contributed by atoms with E-state index < -0.39 is 5.54 Å². The average molecular weight is 424 g/mol. The van der Waals surface area contributed by atoms with Crippen LogP contribution in [0.4, 0.5) is 4.79 Å². The van der Waals surface area contributed by atoms with E-state index in [1.165, 1.54) is 16.7 Å². The van der Waals surface area contributed by atoms with Crippen molar-refractivity contribution in [2.45, 2.75) is 37.6 Å². The number of para-hydroxylation sites is 1. The molecule has 1 aliphatic rings. The van der Waals surface area contributed by atoms with Crippen LogP contribution in [0.15, 0.2) is 29.4 Å². The number of nitrogens with one attached hydrogen (secondary N) is 1. The summed E-state index contributed by atoms with van der Waals surface area (Å²) in [6, 6.07) is 6.92. The van der Waals surface area contributed by atoms with Crippen molar-refractivity contribution in [3.05, 3.63) is 35.1 Å². The second-order valence-electron chi connectivity index (χ2n) is 6.89. The van der Waals surface area contributed by atoms with Gasteiger partial charge in [0.15, 0.2) is 11.0 Å². The molecule has 0 unspecified atom stereocenters. The Morgan fingerprint density at radius 1 is 1.25 bits per heavy atom. The van der Waals surface area contributed by atoms with Crippen molar-refractivity contribution >= 4 is 35.3 Å². The van der Waals surface area contributed by atoms with Crippen LogP contribution in [-0.2, 0) is 18.4 Å². The van der Waals surface area contributed by atoms with E-state index >= 15 is 0 Å². The van der Waals surface area contributed by atoms with Crippen molar-refractivity contribution in [3.8, 4) is 5.75 Å². The van der Waals surface area contributed by atoms with Crippen molar-refractivity contribution in [1.29, 1.82) is 0 Å². The van der Waals surface area contributed by atoms with Crippen LogP contribution in [0.5, 0.6) is 5.75 Å². The van der Waals surface area contributed by atoms with Crippen LogP contribution in [0.2, 0.25) is 5.02 Å². The van der Waals surface area contributed by atoms with Crippen LogP contribution in [-0.4, -0.2) is 49.4 Å². The van der Waals surface area contributed by atoms with E-state index in [-0.39, 0.29) is 18.5 Å². The monoisotopic (exact) mass is 423 g/mol. The number of amides is 3. The molecule has 3 rings (SSSR count). The molecule has 1 aliphatic heterocycles. The first-order valence-corrected chi connectivity index (χ1v) is 10.2. The average Bonchev–Trinajstić information content (AvgIpc) is 3.08. The third-order valence-electron chi connectivity index (χ3n) is 4.32. The van der Waals surface area contributed by atoms with Gasteiger partial charge in [0.05, 0.1) is 5.02 Å². The third kappa shape index (κ3) is 4.41. The highest BCUT2D eigenvalue weighted by Gasteiger charge is 2.43.